The van der Waals surface area contributed by atoms with E-state index in [2.05, 4.69) is 0 Å². The van der Waals surface area contributed by atoms with E-state index in [-0.39, 0.29) is 11.2 Å². The van der Waals surface area contributed by atoms with Crippen molar-refractivity contribution in [3.63, 3.8) is 0 Å². The number of hydrogen-bond donors (Lipinski definition) is 1. The van der Waals surface area contributed by atoms with Crippen LogP contribution in [-0.2, 0) is 9.53 Å². The van der Waals surface area contributed by atoms with E-state index in [1.807, 2.05) is 30.3 Å². The van der Waals surface area contributed by atoms with Gasteiger partial charge < -0.3 is 10.5 Å². The van der Waals surface area contributed by atoms with Gasteiger partial charge in [0.15, 0.2) is 0 Å². The lowest BCUT2D eigenvalue weighted by atomic mass is 10.1. The van der Waals surface area contributed by atoms with Crippen molar-refractivity contribution in [2.24, 2.45) is 5.73 Å². The van der Waals surface area contributed by atoms with E-state index < -0.39 is 0 Å². The molecule has 0 amide bonds. The second-order valence-electron chi connectivity index (χ2n) is 3.56. The molecule has 4 heteroatoms. The number of nitrogens with two attached hydrogens (primary N) is 1. The molecule has 2 rings (SSSR count). The first kappa shape index (κ1) is 11.1. The van der Waals surface area contributed by atoms with E-state index in [1.165, 1.54) is 24.4 Å². The zero-order valence-corrected chi connectivity index (χ0v) is 9.79. The van der Waals surface area contributed by atoms with Gasteiger partial charge in [0.05, 0.1) is 17.7 Å². The zero-order chi connectivity index (χ0) is 11.5. The van der Waals surface area contributed by atoms with Gasteiger partial charge in [-0.05, 0) is 12.0 Å². The Morgan fingerprint density at radius 1 is 1.44 bits per heavy atom. The SMILES string of the molecule is COC(=O)C1=C(N)SC(c2ccccc2)C1. The minimum atomic E-state index is -0.316. The maximum atomic E-state index is 11.4. The van der Waals surface area contributed by atoms with Gasteiger partial charge in [-0.1, -0.05) is 42.1 Å². The summed E-state index contributed by atoms with van der Waals surface area (Å²) in [5.74, 6) is -0.316. The number of carbonyl (C=O) groups excluding carboxylic acids is 1. The van der Waals surface area contributed by atoms with Crippen molar-refractivity contribution in [3.05, 3.63) is 46.5 Å². The first-order valence-electron chi connectivity index (χ1n) is 5.01. The van der Waals surface area contributed by atoms with Crippen LogP contribution in [0, 0.1) is 0 Å². The zero-order valence-electron chi connectivity index (χ0n) is 8.97. The number of esters is 1. The molecule has 16 heavy (non-hydrogen) atoms. The highest BCUT2D eigenvalue weighted by molar-refractivity contribution is 8.03. The maximum Gasteiger partial charge on any atom is 0.336 e. The Morgan fingerprint density at radius 2 is 2.12 bits per heavy atom. The number of carbonyl (C=O) groups is 1. The summed E-state index contributed by atoms with van der Waals surface area (Å²) in [7, 11) is 1.38. The van der Waals surface area contributed by atoms with Gasteiger partial charge in [-0.15, -0.1) is 0 Å². The molecule has 1 unspecified atom stereocenters. The Kier molecular flexibility index (Phi) is 3.19. The first-order valence-corrected chi connectivity index (χ1v) is 5.89. The molecule has 1 aliphatic rings. The Morgan fingerprint density at radius 3 is 2.75 bits per heavy atom. The van der Waals surface area contributed by atoms with Crippen LogP contribution in [0.4, 0.5) is 0 Å². The van der Waals surface area contributed by atoms with Gasteiger partial charge in [0.1, 0.15) is 0 Å². The van der Waals surface area contributed by atoms with Crippen molar-refractivity contribution >= 4 is 17.7 Å². The fraction of sp³-hybridized carbons (Fsp3) is 0.250. The molecule has 0 radical (unpaired) electrons. The minimum absolute atomic E-state index is 0.232. The summed E-state index contributed by atoms with van der Waals surface area (Å²) >= 11 is 1.53. The molecule has 1 heterocycles. The summed E-state index contributed by atoms with van der Waals surface area (Å²) in [6.07, 6.45) is 0.646. The molecule has 3 nitrogen and oxygen atoms in total. The quantitative estimate of drug-likeness (QED) is 0.798. The fourth-order valence-electron chi connectivity index (χ4n) is 1.71. The summed E-state index contributed by atoms with van der Waals surface area (Å²) in [5.41, 5.74) is 7.61. The molecule has 1 atom stereocenters. The van der Waals surface area contributed by atoms with E-state index in [1.54, 1.807) is 0 Å². The van der Waals surface area contributed by atoms with Crippen molar-refractivity contribution in [2.45, 2.75) is 11.7 Å². The highest BCUT2D eigenvalue weighted by Gasteiger charge is 2.29. The van der Waals surface area contributed by atoms with Crippen molar-refractivity contribution in [1.29, 1.82) is 0 Å². The average molecular weight is 235 g/mol. The molecule has 0 saturated heterocycles. The number of hydrogen-bond acceptors (Lipinski definition) is 4. The van der Waals surface area contributed by atoms with Crippen LogP contribution >= 0.6 is 11.8 Å². The molecule has 2 N–H and O–H groups in total. The normalized spacial score (nSPS) is 19.9. The second-order valence-corrected chi connectivity index (χ2v) is 4.80. The molecule has 0 saturated carbocycles. The Balaban J connectivity index is 2.15. The monoisotopic (exact) mass is 235 g/mol. The standard InChI is InChI=1S/C12H13NO2S/c1-15-12(14)9-7-10(16-11(9)13)8-5-3-2-4-6-8/h2-6,10H,7,13H2,1H3. The predicted octanol–water partition coefficient (Wildman–Crippen LogP) is 2.21. The highest BCUT2D eigenvalue weighted by Crippen LogP contribution is 2.45. The van der Waals surface area contributed by atoms with Crippen molar-refractivity contribution in [2.75, 3.05) is 7.11 Å². The highest BCUT2D eigenvalue weighted by atomic mass is 32.2. The van der Waals surface area contributed by atoms with Gasteiger partial charge in [-0.2, -0.15) is 0 Å². The maximum absolute atomic E-state index is 11.4. The first-order chi connectivity index (χ1) is 7.72. The molecule has 1 aromatic carbocycles. The van der Waals surface area contributed by atoms with Crippen molar-refractivity contribution in [3.8, 4) is 0 Å². The molecule has 84 valence electrons. The smallest absolute Gasteiger partial charge is 0.336 e. The summed E-state index contributed by atoms with van der Waals surface area (Å²) in [5, 5.41) is 0.816. The molecular weight excluding hydrogens is 222 g/mol. The summed E-state index contributed by atoms with van der Waals surface area (Å²) in [6.45, 7) is 0. The summed E-state index contributed by atoms with van der Waals surface area (Å²) < 4.78 is 4.70. The van der Waals surface area contributed by atoms with Crippen LogP contribution in [0.2, 0.25) is 0 Å². The van der Waals surface area contributed by atoms with E-state index in [4.69, 9.17) is 10.5 Å². The Labute approximate surface area is 98.7 Å². The number of benzene rings is 1. The third-order valence-corrected chi connectivity index (χ3v) is 3.78. The van der Waals surface area contributed by atoms with E-state index in [9.17, 15) is 4.79 Å². The van der Waals surface area contributed by atoms with E-state index in [0.717, 1.165) is 0 Å². The van der Waals surface area contributed by atoms with Crippen LogP contribution in [-0.4, -0.2) is 13.1 Å². The largest absolute Gasteiger partial charge is 0.466 e. The molecule has 1 aliphatic heterocycles. The van der Waals surface area contributed by atoms with Gasteiger partial charge in [0, 0.05) is 5.25 Å². The third-order valence-electron chi connectivity index (χ3n) is 2.56. The van der Waals surface area contributed by atoms with Crippen molar-refractivity contribution < 1.29 is 9.53 Å². The Hall–Kier alpha value is -1.42. The van der Waals surface area contributed by atoms with E-state index in [0.29, 0.717) is 17.0 Å². The Bertz CT molecular complexity index is 428. The van der Waals surface area contributed by atoms with Crippen LogP contribution < -0.4 is 5.73 Å². The van der Waals surface area contributed by atoms with Crippen molar-refractivity contribution in [1.82, 2.24) is 0 Å². The summed E-state index contributed by atoms with van der Waals surface area (Å²) in [4.78, 5) is 11.4. The van der Waals surface area contributed by atoms with Crippen LogP contribution in [0.25, 0.3) is 0 Å². The van der Waals surface area contributed by atoms with Gasteiger partial charge in [-0.25, -0.2) is 4.79 Å². The van der Waals surface area contributed by atoms with Gasteiger partial charge in [0.25, 0.3) is 0 Å². The number of thioether (sulfide) groups is 1. The number of ether oxygens (including phenoxy) is 1. The predicted molar refractivity (Wildman–Crippen MR) is 64.6 cm³/mol. The molecular formula is C12H13NO2S. The lowest BCUT2D eigenvalue weighted by Crippen LogP contribution is -2.07. The van der Waals surface area contributed by atoms with Crippen LogP contribution in [0.1, 0.15) is 17.2 Å². The topological polar surface area (TPSA) is 52.3 Å². The third kappa shape index (κ3) is 2.07. The lowest BCUT2D eigenvalue weighted by molar-refractivity contribution is -0.136. The van der Waals surface area contributed by atoms with E-state index >= 15 is 0 Å². The van der Waals surface area contributed by atoms with Crippen LogP contribution in [0.5, 0.6) is 0 Å². The van der Waals surface area contributed by atoms with Crippen LogP contribution in [0.15, 0.2) is 40.9 Å². The van der Waals surface area contributed by atoms with Crippen LogP contribution in [0.3, 0.4) is 0 Å². The molecule has 0 spiro atoms. The van der Waals surface area contributed by atoms with Gasteiger partial charge >= 0.3 is 5.97 Å². The van der Waals surface area contributed by atoms with Gasteiger partial charge in [0.2, 0.25) is 0 Å². The molecule has 0 fully saturated rings. The second kappa shape index (κ2) is 4.61. The molecule has 0 bridgehead atoms. The molecule has 0 aliphatic carbocycles. The minimum Gasteiger partial charge on any atom is -0.466 e. The summed E-state index contributed by atoms with van der Waals surface area (Å²) in [6, 6.07) is 10.0. The molecule has 0 aromatic heterocycles. The van der Waals surface area contributed by atoms with Gasteiger partial charge in [-0.3, -0.25) is 0 Å². The lowest BCUT2D eigenvalue weighted by Gasteiger charge is -2.08. The number of rotatable bonds is 2. The molecule has 1 aromatic rings. The average Bonchev–Trinajstić information content (AvgIpc) is 2.71. The fourth-order valence-corrected chi connectivity index (χ4v) is 2.87. The number of methoxy groups -OCH3 is 1.